The van der Waals surface area contributed by atoms with Gasteiger partial charge >= 0.3 is 6.18 Å². The summed E-state index contributed by atoms with van der Waals surface area (Å²) in [7, 11) is 0. The highest BCUT2D eigenvalue weighted by Gasteiger charge is 2.35. The van der Waals surface area contributed by atoms with Gasteiger partial charge in [-0.25, -0.2) is 0 Å². The van der Waals surface area contributed by atoms with Gasteiger partial charge in [0, 0.05) is 6.07 Å². The highest BCUT2D eigenvalue weighted by atomic mass is 19.4. The fourth-order valence-corrected chi connectivity index (χ4v) is 2.07. The van der Waals surface area contributed by atoms with Crippen molar-refractivity contribution in [2.75, 3.05) is 0 Å². The zero-order chi connectivity index (χ0) is 13.6. The molecule has 0 aliphatic heterocycles. The Labute approximate surface area is 105 Å². The van der Waals surface area contributed by atoms with E-state index in [0.29, 0.717) is 11.5 Å². The van der Waals surface area contributed by atoms with Gasteiger partial charge in [-0.3, -0.25) is 4.79 Å². The Kier molecular flexibility index (Phi) is 2.38. The summed E-state index contributed by atoms with van der Waals surface area (Å²) < 4.78 is 42.5. The van der Waals surface area contributed by atoms with Crippen LogP contribution in [0.5, 0.6) is 0 Å². The first-order chi connectivity index (χ1) is 8.97. The summed E-state index contributed by atoms with van der Waals surface area (Å²) in [5.41, 5.74) is -0.746. The van der Waals surface area contributed by atoms with Crippen LogP contribution in [0.25, 0.3) is 21.7 Å². The molecule has 0 bridgehead atoms. The summed E-state index contributed by atoms with van der Waals surface area (Å²) in [6, 6.07) is 10.5. The smallest absolute Gasteiger partial charge is 0.449 e. The van der Waals surface area contributed by atoms with E-state index in [2.05, 4.69) is 0 Å². The van der Waals surface area contributed by atoms with Crippen LogP contribution in [0, 0.1) is 0 Å². The van der Waals surface area contributed by atoms with E-state index in [9.17, 15) is 18.0 Å². The number of alkyl halides is 3. The fourth-order valence-electron chi connectivity index (χ4n) is 2.07. The third-order valence-electron chi connectivity index (χ3n) is 2.90. The Bertz CT molecular complexity index is 831. The summed E-state index contributed by atoms with van der Waals surface area (Å²) in [5.74, 6) is -1.28. The molecular weight excluding hydrogens is 257 g/mol. The zero-order valence-electron chi connectivity index (χ0n) is 9.49. The molecule has 2 nitrogen and oxygen atoms in total. The summed E-state index contributed by atoms with van der Waals surface area (Å²) in [4.78, 5) is 11.9. The van der Waals surface area contributed by atoms with Crippen LogP contribution in [-0.4, -0.2) is 0 Å². The van der Waals surface area contributed by atoms with Crippen LogP contribution in [0.3, 0.4) is 0 Å². The van der Waals surface area contributed by atoms with Gasteiger partial charge in [0.15, 0.2) is 5.43 Å². The summed E-state index contributed by atoms with van der Waals surface area (Å²) in [6.45, 7) is 0. The van der Waals surface area contributed by atoms with E-state index in [1.54, 1.807) is 30.3 Å². The lowest BCUT2D eigenvalue weighted by Crippen LogP contribution is -2.11. The van der Waals surface area contributed by atoms with Crippen molar-refractivity contribution in [3.05, 3.63) is 58.4 Å². The van der Waals surface area contributed by atoms with E-state index in [4.69, 9.17) is 4.42 Å². The van der Waals surface area contributed by atoms with Crippen molar-refractivity contribution >= 4 is 21.7 Å². The quantitative estimate of drug-likeness (QED) is 0.575. The summed E-state index contributed by atoms with van der Waals surface area (Å²) >= 11 is 0. The third kappa shape index (κ3) is 1.87. The second-order valence-corrected chi connectivity index (χ2v) is 4.13. The monoisotopic (exact) mass is 264 g/mol. The topological polar surface area (TPSA) is 30.2 Å². The predicted molar refractivity (Wildman–Crippen MR) is 65.0 cm³/mol. The van der Waals surface area contributed by atoms with Crippen LogP contribution in [0.15, 0.2) is 51.7 Å². The maximum Gasteiger partial charge on any atom is 0.449 e. The molecule has 3 rings (SSSR count). The second-order valence-electron chi connectivity index (χ2n) is 4.13. The Morgan fingerprint density at radius 1 is 1.00 bits per heavy atom. The van der Waals surface area contributed by atoms with Gasteiger partial charge in [-0.15, -0.1) is 0 Å². The lowest BCUT2D eigenvalue weighted by molar-refractivity contribution is -0.152. The van der Waals surface area contributed by atoms with Crippen LogP contribution in [0.1, 0.15) is 5.76 Å². The SMILES string of the molecule is O=c1cc(C(F)(F)F)oc2ccc3ccccc3c12. The molecule has 19 heavy (non-hydrogen) atoms. The lowest BCUT2D eigenvalue weighted by Gasteiger charge is -2.07. The molecule has 96 valence electrons. The van der Waals surface area contributed by atoms with Gasteiger partial charge in [0.2, 0.25) is 5.76 Å². The Morgan fingerprint density at radius 3 is 2.47 bits per heavy atom. The first-order valence-electron chi connectivity index (χ1n) is 5.49. The number of halogens is 3. The van der Waals surface area contributed by atoms with Gasteiger partial charge in [-0.1, -0.05) is 30.3 Å². The molecule has 1 heterocycles. The van der Waals surface area contributed by atoms with E-state index in [0.717, 1.165) is 5.39 Å². The molecule has 1 aromatic heterocycles. The van der Waals surface area contributed by atoms with E-state index < -0.39 is 17.4 Å². The van der Waals surface area contributed by atoms with Crippen molar-refractivity contribution in [3.63, 3.8) is 0 Å². The molecule has 0 radical (unpaired) electrons. The maximum absolute atomic E-state index is 12.6. The fraction of sp³-hybridized carbons (Fsp3) is 0.0714. The molecule has 0 saturated heterocycles. The van der Waals surface area contributed by atoms with Crippen molar-refractivity contribution in [1.82, 2.24) is 0 Å². The van der Waals surface area contributed by atoms with E-state index in [1.807, 2.05) is 0 Å². The maximum atomic E-state index is 12.6. The average Bonchev–Trinajstić information content (AvgIpc) is 2.37. The molecule has 5 heteroatoms. The second kappa shape index (κ2) is 3.85. The molecule has 0 unspecified atom stereocenters. The number of benzene rings is 2. The molecule has 0 aliphatic carbocycles. The van der Waals surface area contributed by atoms with Crippen LogP contribution >= 0.6 is 0 Å². The van der Waals surface area contributed by atoms with Crippen molar-refractivity contribution in [2.24, 2.45) is 0 Å². The minimum Gasteiger partial charge on any atom is -0.451 e. The van der Waals surface area contributed by atoms with Crippen LogP contribution in [0.4, 0.5) is 13.2 Å². The van der Waals surface area contributed by atoms with Crippen molar-refractivity contribution < 1.29 is 17.6 Å². The molecule has 2 aromatic carbocycles. The molecule has 0 amide bonds. The van der Waals surface area contributed by atoms with Crippen LogP contribution in [-0.2, 0) is 6.18 Å². The predicted octanol–water partition coefficient (Wildman–Crippen LogP) is 3.97. The number of rotatable bonds is 0. The Morgan fingerprint density at radius 2 is 1.74 bits per heavy atom. The first-order valence-corrected chi connectivity index (χ1v) is 5.49. The highest BCUT2D eigenvalue weighted by Crippen LogP contribution is 2.31. The third-order valence-corrected chi connectivity index (χ3v) is 2.90. The molecule has 0 spiro atoms. The van der Waals surface area contributed by atoms with Crippen molar-refractivity contribution in [1.29, 1.82) is 0 Å². The van der Waals surface area contributed by atoms with E-state index >= 15 is 0 Å². The largest absolute Gasteiger partial charge is 0.451 e. The summed E-state index contributed by atoms with van der Waals surface area (Å²) in [6.07, 6.45) is -4.67. The Hall–Kier alpha value is -2.30. The summed E-state index contributed by atoms with van der Waals surface area (Å²) in [5, 5.41) is 1.54. The standard InChI is InChI=1S/C14H7F3O2/c15-14(16,17)12-7-10(18)13-9-4-2-1-3-8(9)5-6-11(13)19-12/h1-7H. The van der Waals surface area contributed by atoms with Crippen molar-refractivity contribution in [2.45, 2.75) is 6.18 Å². The highest BCUT2D eigenvalue weighted by molar-refractivity contribution is 6.05. The molecule has 0 atom stereocenters. The normalized spacial score (nSPS) is 12.2. The zero-order valence-corrected chi connectivity index (χ0v) is 9.49. The number of fused-ring (bicyclic) bond motifs is 3. The van der Waals surface area contributed by atoms with Gasteiger partial charge in [-0.05, 0) is 16.8 Å². The molecule has 0 fully saturated rings. The first kappa shape index (κ1) is 11.8. The van der Waals surface area contributed by atoms with Crippen LogP contribution < -0.4 is 5.43 Å². The molecule has 0 N–H and O–H groups in total. The van der Waals surface area contributed by atoms with Gasteiger partial charge in [0.05, 0.1) is 5.39 Å². The van der Waals surface area contributed by atoms with E-state index in [-0.39, 0.29) is 11.0 Å². The van der Waals surface area contributed by atoms with Gasteiger partial charge < -0.3 is 4.42 Å². The Balaban J connectivity index is 2.47. The molecule has 0 aliphatic rings. The van der Waals surface area contributed by atoms with Gasteiger partial charge in [0.25, 0.3) is 0 Å². The van der Waals surface area contributed by atoms with Crippen molar-refractivity contribution in [3.8, 4) is 0 Å². The average molecular weight is 264 g/mol. The number of hydrogen-bond donors (Lipinski definition) is 0. The number of hydrogen-bond acceptors (Lipinski definition) is 2. The molecule has 0 saturated carbocycles. The van der Waals surface area contributed by atoms with Gasteiger partial charge in [-0.2, -0.15) is 13.2 Å². The minimum absolute atomic E-state index is 0.0569. The molecule has 3 aromatic rings. The van der Waals surface area contributed by atoms with E-state index in [1.165, 1.54) is 6.07 Å². The van der Waals surface area contributed by atoms with Gasteiger partial charge in [0.1, 0.15) is 5.58 Å². The van der Waals surface area contributed by atoms with Crippen LogP contribution in [0.2, 0.25) is 0 Å². The lowest BCUT2D eigenvalue weighted by atomic mass is 10.1. The minimum atomic E-state index is -4.67. The molecular formula is C14H7F3O2.